The van der Waals surface area contributed by atoms with E-state index in [-0.39, 0.29) is 5.54 Å². The molecule has 4 nitrogen and oxygen atoms in total. The van der Waals surface area contributed by atoms with Crippen molar-refractivity contribution in [2.45, 2.75) is 24.8 Å². The second kappa shape index (κ2) is 4.94. The van der Waals surface area contributed by atoms with Gasteiger partial charge in [-0.15, -0.1) is 0 Å². The van der Waals surface area contributed by atoms with Crippen LogP contribution in [0.2, 0.25) is 5.15 Å². The Morgan fingerprint density at radius 1 is 1.33 bits per heavy atom. The highest BCUT2D eigenvalue weighted by atomic mass is 35.5. The third-order valence-electron chi connectivity index (χ3n) is 4.00. The Balaban J connectivity index is 2.16. The fraction of sp³-hybridized carbons (Fsp3) is 0.615. The molecule has 18 heavy (non-hydrogen) atoms. The Kier molecular flexibility index (Phi) is 3.69. The Morgan fingerprint density at radius 3 is 2.50 bits per heavy atom. The van der Waals surface area contributed by atoms with Gasteiger partial charge in [0.15, 0.2) is 5.82 Å². The van der Waals surface area contributed by atoms with Gasteiger partial charge < -0.3 is 15.5 Å². The summed E-state index contributed by atoms with van der Waals surface area (Å²) < 4.78 is 0. The summed E-state index contributed by atoms with van der Waals surface area (Å²) in [5, 5.41) is 0.485. The molecule has 0 radical (unpaired) electrons. The molecule has 1 aromatic rings. The van der Waals surface area contributed by atoms with Gasteiger partial charge in [-0.3, -0.25) is 0 Å². The minimum absolute atomic E-state index is 0.255. The highest BCUT2D eigenvalue weighted by Gasteiger charge is 2.40. The minimum atomic E-state index is 0.255. The van der Waals surface area contributed by atoms with Crippen molar-refractivity contribution in [2.24, 2.45) is 0 Å². The third-order valence-corrected chi connectivity index (χ3v) is 4.21. The van der Waals surface area contributed by atoms with Gasteiger partial charge in [0, 0.05) is 19.1 Å². The van der Waals surface area contributed by atoms with E-state index in [1.807, 2.05) is 13.1 Å². The lowest BCUT2D eigenvalue weighted by atomic mass is 9.75. The van der Waals surface area contributed by atoms with Gasteiger partial charge in [-0.05, 0) is 45.5 Å². The standard InChI is InChI=1S/C13H21ClN4/c1-17(2)13(7-4-8-13)9-18(3)12-10(15)5-6-11(14)16-12/h5-6H,4,7-9,15H2,1-3H3. The van der Waals surface area contributed by atoms with Crippen LogP contribution in [-0.4, -0.2) is 43.1 Å². The SMILES string of the molecule is CN(CC1(N(C)C)CCC1)c1nc(Cl)ccc1N. The summed E-state index contributed by atoms with van der Waals surface area (Å²) in [6.07, 6.45) is 3.75. The van der Waals surface area contributed by atoms with Gasteiger partial charge >= 0.3 is 0 Å². The number of halogens is 1. The average Bonchev–Trinajstić information content (AvgIpc) is 2.26. The molecule has 2 rings (SSSR count). The predicted octanol–water partition coefficient (Wildman–Crippen LogP) is 2.24. The molecule has 1 heterocycles. The number of nitrogens with two attached hydrogens (primary N) is 1. The summed E-state index contributed by atoms with van der Waals surface area (Å²) in [5.41, 5.74) is 6.90. The first-order valence-electron chi connectivity index (χ1n) is 6.25. The fourth-order valence-electron chi connectivity index (χ4n) is 2.59. The molecule has 100 valence electrons. The second-order valence-corrected chi connectivity index (χ2v) is 5.76. The number of rotatable bonds is 4. The first-order valence-corrected chi connectivity index (χ1v) is 6.63. The van der Waals surface area contributed by atoms with Crippen molar-refractivity contribution < 1.29 is 0 Å². The number of hydrogen-bond acceptors (Lipinski definition) is 4. The zero-order valence-electron chi connectivity index (χ0n) is 11.3. The van der Waals surface area contributed by atoms with E-state index >= 15 is 0 Å². The minimum Gasteiger partial charge on any atom is -0.396 e. The Labute approximate surface area is 114 Å². The van der Waals surface area contributed by atoms with E-state index in [2.05, 4.69) is 28.9 Å². The van der Waals surface area contributed by atoms with Crippen molar-refractivity contribution in [1.29, 1.82) is 0 Å². The van der Waals surface area contributed by atoms with Gasteiger partial charge in [-0.25, -0.2) is 4.98 Å². The maximum absolute atomic E-state index is 5.97. The van der Waals surface area contributed by atoms with Crippen LogP contribution >= 0.6 is 11.6 Å². The quantitative estimate of drug-likeness (QED) is 0.851. The van der Waals surface area contributed by atoms with Gasteiger partial charge in [0.25, 0.3) is 0 Å². The van der Waals surface area contributed by atoms with Crippen LogP contribution in [0.5, 0.6) is 0 Å². The summed E-state index contributed by atoms with van der Waals surface area (Å²) in [6.45, 7) is 0.928. The predicted molar refractivity (Wildman–Crippen MR) is 77.2 cm³/mol. The first-order chi connectivity index (χ1) is 8.44. The summed E-state index contributed by atoms with van der Waals surface area (Å²) >= 11 is 5.94. The smallest absolute Gasteiger partial charge is 0.153 e. The van der Waals surface area contributed by atoms with Crippen molar-refractivity contribution in [2.75, 3.05) is 38.3 Å². The van der Waals surface area contributed by atoms with E-state index in [1.54, 1.807) is 6.07 Å². The number of anilines is 2. The molecule has 0 amide bonds. The van der Waals surface area contributed by atoms with Gasteiger partial charge in [0.1, 0.15) is 5.15 Å². The molecule has 0 spiro atoms. The number of nitrogen functional groups attached to an aromatic ring is 1. The molecular weight excluding hydrogens is 248 g/mol. The van der Waals surface area contributed by atoms with Gasteiger partial charge in [-0.1, -0.05) is 11.6 Å². The van der Waals surface area contributed by atoms with E-state index in [0.29, 0.717) is 10.8 Å². The summed E-state index contributed by atoms with van der Waals surface area (Å²) in [5.74, 6) is 0.774. The van der Waals surface area contributed by atoms with E-state index in [9.17, 15) is 0 Å². The van der Waals surface area contributed by atoms with Crippen LogP contribution in [0.4, 0.5) is 11.5 Å². The van der Waals surface area contributed by atoms with Crippen molar-refractivity contribution in [3.8, 4) is 0 Å². The van der Waals surface area contributed by atoms with E-state index in [1.165, 1.54) is 19.3 Å². The van der Waals surface area contributed by atoms with Crippen molar-refractivity contribution in [3.63, 3.8) is 0 Å². The van der Waals surface area contributed by atoms with Gasteiger partial charge in [0.2, 0.25) is 0 Å². The Hall–Kier alpha value is -1.00. The molecule has 1 aliphatic rings. The lowest BCUT2D eigenvalue weighted by Gasteiger charge is -2.49. The number of pyridine rings is 1. The van der Waals surface area contributed by atoms with Crippen LogP contribution in [0.3, 0.4) is 0 Å². The molecule has 0 atom stereocenters. The lowest BCUT2D eigenvalue weighted by Crippen LogP contribution is -2.56. The molecule has 0 aliphatic heterocycles. The Bertz CT molecular complexity index is 429. The van der Waals surface area contributed by atoms with Crippen LogP contribution in [0.25, 0.3) is 0 Å². The number of likely N-dealkylation sites (N-methyl/N-ethyl adjacent to an activating group) is 2. The highest BCUT2D eigenvalue weighted by Crippen LogP contribution is 2.37. The maximum atomic E-state index is 5.97. The monoisotopic (exact) mass is 268 g/mol. The van der Waals surface area contributed by atoms with Crippen LogP contribution in [0.1, 0.15) is 19.3 Å². The molecule has 0 unspecified atom stereocenters. The van der Waals surface area contributed by atoms with Crippen LogP contribution in [-0.2, 0) is 0 Å². The molecule has 0 bridgehead atoms. The van der Waals surface area contributed by atoms with Crippen LogP contribution in [0.15, 0.2) is 12.1 Å². The summed E-state index contributed by atoms with van der Waals surface area (Å²) in [6, 6.07) is 3.53. The Morgan fingerprint density at radius 2 is 2.00 bits per heavy atom. The van der Waals surface area contributed by atoms with E-state index in [0.717, 1.165) is 12.4 Å². The first kappa shape index (κ1) is 13.4. The number of hydrogen-bond donors (Lipinski definition) is 1. The molecule has 0 saturated heterocycles. The van der Waals surface area contributed by atoms with Crippen molar-refractivity contribution >= 4 is 23.1 Å². The number of aromatic nitrogens is 1. The van der Waals surface area contributed by atoms with Gasteiger partial charge in [0.05, 0.1) is 5.69 Å². The normalized spacial score (nSPS) is 17.6. The summed E-state index contributed by atoms with van der Waals surface area (Å²) in [7, 11) is 6.31. The van der Waals surface area contributed by atoms with Crippen molar-refractivity contribution in [3.05, 3.63) is 17.3 Å². The molecule has 1 aliphatic carbocycles. The molecular formula is C13H21ClN4. The molecule has 1 saturated carbocycles. The second-order valence-electron chi connectivity index (χ2n) is 5.38. The van der Waals surface area contributed by atoms with Gasteiger partial charge in [-0.2, -0.15) is 0 Å². The zero-order chi connectivity index (χ0) is 13.3. The molecule has 5 heteroatoms. The topological polar surface area (TPSA) is 45.4 Å². The number of nitrogens with zero attached hydrogens (tertiary/aromatic N) is 3. The maximum Gasteiger partial charge on any atom is 0.153 e. The molecule has 1 aromatic heterocycles. The highest BCUT2D eigenvalue weighted by molar-refractivity contribution is 6.29. The van der Waals surface area contributed by atoms with E-state index in [4.69, 9.17) is 17.3 Å². The largest absolute Gasteiger partial charge is 0.396 e. The average molecular weight is 269 g/mol. The third kappa shape index (κ3) is 2.40. The molecule has 0 aromatic carbocycles. The fourth-order valence-corrected chi connectivity index (χ4v) is 2.73. The van der Waals surface area contributed by atoms with Crippen LogP contribution < -0.4 is 10.6 Å². The van der Waals surface area contributed by atoms with E-state index < -0.39 is 0 Å². The molecule has 1 fully saturated rings. The van der Waals surface area contributed by atoms with Crippen molar-refractivity contribution in [1.82, 2.24) is 9.88 Å². The van der Waals surface area contributed by atoms with Crippen LogP contribution in [0, 0.1) is 0 Å². The molecule has 2 N–H and O–H groups in total. The summed E-state index contributed by atoms with van der Waals surface area (Å²) in [4.78, 5) is 8.75. The zero-order valence-corrected chi connectivity index (χ0v) is 12.0. The lowest BCUT2D eigenvalue weighted by molar-refractivity contribution is 0.0682.